The summed E-state index contributed by atoms with van der Waals surface area (Å²) < 4.78 is 0. The molecule has 0 aliphatic carbocycles. The van der Waals surface area contributed by atoms with Gasteiger partial charge in [-0.3, -0.25) is 14.5 Å². The molecular weight excluding hydrogens is 244 g/mol. The van der Waals surface area contributed by atoms with E-state index in [-0.39, 0.29) is 36.0 Å². The van der Waals surface area contributed by atoms with Crippen molar-refractivity contribution in [3.05, 3.63) is 0 Å². The largest absolute Gasteiger partial charge is 0.481 e. The average Bonchev–Trinajstić information content (AvgIpc) is 2.94. The summed E-state index contributed by atoms with van der Waals surface area (Å²) in [7, 11) is 0. The first kappa shape index (κ1) is 14.3. The zero-order chi connectivity index (χ0) is 14.2. The molecular formula is C14H24N2O3. The number of aliphatic carboxylic acids is 1. The molecule has 0 saturated carbocycles. The van der Waals surface area contributed by atoms with E-state index in [0.717, 1.165) is 19.3 Å². The molecule has 0 aromatic heterocycles. The number of nitrogens with one attached hydrogen (secondary N) is 1. The van der Waals surface area contributed by atoms with Crippen molar-refractivity contribution in [2.45, 2.75) is 70.6 Å². The van der Waals surface area contributed by atoms with Gasteiger partial charge in [-0.1, -0.05) is 6.92 Å². The molecule has 5 atom stereocenters. The van der Waals surface area contributed by atoms with Crippen molar-refractivity contribution in [3.63, 3.8) is 0 Å². The van der Waals surface area contributed by atoms with Crippen molar-refractivity contribution in [1.82, 2.24) is 10.2 Å². The molecule has 2 bridgehead atoms. The van der Waals surface area contributed by atoms with Gasteiger partial charge in [0.1, 0.15) is 0 Å². The maximum atomic E-state index is 12.2. The lowest BCUT2D eigenvalue weighted by Gasteiger charge is -2.29. The van der Waals surface area contributed by atoms with Crippen LogP contribution < -0.4 is 5.32 Å². The highest BCUT2D eigenvalue weighted by molar-refractivity contribution is 5.82. The number of hydrogen-bond donors (Lipinski definition) is 2. The SMILES string of the molecule is CCC(C)NC(=O)C(C)N1C2CCC1C(C(=O)O)C2. The second-order valence-electron chi connectivity index (χ2n) is 5.92. The van der Waals surface area contributed by atoms with E-state index in [1.165, 1.54) is 0 Å². The Labute approximate surface area is 114 Å². The minimum atomic E-state index is -0.716. The summed E-state index contributed by atoms with van der Waals surface area (Å²) in [6.45, 7) is 5.92. The number of carboxylic acids is 1. The van der Waals surface area contributed by atoms with Crippen LogP contribution in [0.4, 0.5) is 0 Å². The number of carbonyl (C=O) groups is 2. The molecule has 0 aromatic rings. The molecule has 5 unspecified atom stereocenters. The third-order valence-corrected chi connectivity index (χ3v) is 4.74. The standard InChI is InChI=1S/C14H24N2O3/c1-4-8(2)15-13(17)9(3)16-10-5-6-12(16)11(7-10)14(18)19/h8-12H,4-7H2,1-3H3,(H,15,17)(H,18,19). The number of fused-ring (bicyclic) bond motifs is 2. The van der Waals surface area contributed by atoms with Gasteiger partial charge in [0, 0.05) is 18.1 Å². The summed E-state index contributed by atoms with van der Waals surface area (Å²) in [4.78, 5) is 25.6. The Hall–Kier alpha value is -1.10. The third kappa shape index (κ3) is 2.61. The predicted octanol–water partition coefficient (Wildman–Crippen LogP) is 1.23. The minimum absolute atomic E-state index is 0.0253. The van der Waals surface area contributed by atoms with E-state index in [2.05, 4.69) is 10.2 Å². The van der Waals surface area contributed by atoms with Gasteiger partial charge in [0.25, 0.3) is 0 Å². The highest BCUT2D eigenvalue weighted by atomic mass is 16.4. The van der Waals surface area contributed by atoms with E-state index < -0.39 is 5.97 Å². The molecule has 2 heterocycles. The fourth-order valence-electron chi connectivity index (χ4n) is 3.50. The zero-order valence-corrected chi connectivity index (χ0v) is 11.9. The summed E-state index contributed by atoms with van der Waals surface area (Å²) in [5, 5.41) is 12.2. The van der Waals surface area contributed by atoms with Crippen molar-refractivity contribution in [2.24, 2.45) is 5.92 Å². The van der Waals surface area contributed by atoms with Crippen LogP contribution in [0.2, 0.25) is 0 Å². The molecule has 5 heteroatoms. The maximum Gasteiger partial charge on any atom is 0.308 e. The second-order valence-corrected chi connectivity index (χ2v) is 5.92. The van der Waals surface area contributed by atoms with Crippen molar-refractivity contribution < 1.29 is 14.7 Å². The van der Waals surface area contributed by atoms with E-state index >= 15 is 0 Å². The molecule has 2 aliphatic heterocycles. The molecule has 0 radical (unpaired) electrons. The lowest BCUT2D eigenvalue weighted by atomic mass is 9.89. The smallest absolute Gasteiger partial charge is 0.308 e. The Kier molecular flexibility index (Phi) is 4.13. The van der Waals surface area contributed by atoms with Crippen LogP contribution in [0, 0.1) is 5.92 Å². The molecule has 2 saturated heterocycles. The first-order chi connectivity index (χ1) is 8.95. The molecule has 108 valence electrons. The van der Waals surface area contributed by atoms with Gasteiger partial charge in [0.15, 0.2) is 0 Å². The lowest BCUT2D eigenvalue weighted by molar-refractivity contribution is -0.143. The third-order valence-electron chi connectivity index (χ3n) is 4.74. The number of amides is 1. The van der Waals surface area contributed by atoms with Crippen LogP contribution in [0.25, 0.3) is 0 Å². The van der Waals surface area contributed by atoms with E-state index in [0.29, 0.717) is 6.42 Å². The van der Waals surface area contributed by atoms with Crippen LogP contribution in [-0.4, -0.2) is 46.1 Å². The van der Waals surface area contributed by atoms with Crippen LogP contribution in [0.5, 0.6) is 0 Å². The number of rotatable bonds is 5. The summed E-state index contributed by atoms with van der Waals surface area (Å²) in [6, 6.07) is 0.255. The molecule has 0 spiro atoms. The number of carbonyl (C=O) groups excluding carboxylic acids is 1. The Morgan fingerprint density at radius 1 is 1.37 bits per heavy atom. The van der Waals surface area contributed by atoms with Crippen LogP contribution in [0.3, 0.4) is 0 Å². The fraction of sp³-hybridized carbons (Fsp3) is 0.857. The first-order valence-corrected chi connectivity index (χ1v) is 7.26. The summed E-state index contributed by atoms with van der Waals surface area (Å²) in [5.41, 5.74) is 0. The summed E-state index contributed by atoms with van der Waals surface area (Å²) >= 11 is 0. The molecule has 2 aliphatic rings. The van der Waals surface area contributed by atoms with Crippen LogP contribution in [0.1, 0.15) is 46.5 Å². The molecule has 5 nitrogen and oxygen atoms in total. The van der Waals surface area contributed by atoms with Crippen LogP contribution in [-0.2, 0) is 9.59 Å². The summed E-state index contributed by atoms with van der Waals surface area (Å²) in [6.07, 6.45) is 3.53. The van der Waals surface area contributed by atoms with Crippen molar-refractivity contribution in [3.8, 4) is 0 Å². The molecule has 2 rings (SSSR count). The highest BCUT2D eigenvalue weighted by Gasteiger charge is 2.51. The first-order valence-electron chi connectivity index (χ1n) is 7.26. The Balaban J connectivity index is 2.02. The lowest BCUT2D eigenvalue weighted by Crippen LogP contribution is -2.50. The van der Waals surface area contributed by atoms with E-state index in [9.17, 15) is 14.7 Å². The molecule has 2 fully saturated rings. The minimum Gasteiger partial charge on any atom is -0.481 e. The normalized spacial score (nSPS) is 33.1. The van der Waals surface area contributed by atoms with Crippen LogP contribution >= 0.6 is 0 Å². The van der Waals surface area contributed by atoms with Gasteiger partial charge in [-0.2, -0.15) is 0 Å². The Bertz CT molecular complexity index is 372. The monoisotopic (exact) mass is 268 g/mol. The van der Waals surface area contributed by atoms with Gasteiger partial charge >= 0.3 is 5.97 Å². The van der Waals surface area contributed by atoms with Gasteiger partial charge in [0.2, 0.25) is 5.91 Å². The number of carboxylic acid groups (broad SMARTS) is 1. The summed E-state index contributed by atoms with van der Waals surface area (Å²) in [5.74, 6) is -0.985. The van der Waals surface area contributed by atoms with E-state index in [4.69, 9.17) is 0 Å². The molecule has 1 amide bonds. The number of hydrogen-bond acceptors (Lipinski definition) is 3. The van der Waals surface area contributed by atoms with Crippen molar-refractivity contribution >= 4 is 11.9 Å². The predicted molar refractivity (Wildman–Crippen MR) is 71.7 cm³/mol. The highest BCUT2D eigenvalue weighted by Crippen LogP contribution is 2.43. The van der Waals surface area contributed by atoms with Gasteiger partial charge < -0.3 is 10.4 Å². The number of nitrogens with zero attached hydrogens (tertiary/aromatic N) is 1. The topological polar surface area (TPSA) is 69.6 Å². The molecule has 2 N–H and O–H groups in total. The van der Waals surface area contributed by atoms with Crippen LogP contribution in [0.15, 0.2) is 0 Å². The van der Waals surface area contributed by atoms with E-state index in [1.54, 1.807) is 0 Å². The average molecular weight is 268 g/mol. The zero-order valence-electron chi connectivity index (χ0n) is 11.9. The van der Waals surface area contributed by atoms with Gasteiger partial charge in [-0.05, 0) is 39.5 Å². The van der Waals surface area contributed by atoms with Crippen molar-refractivity contribution in [1.29, 1.82) is 0 Å². The van der Waals surface area contributed by atoms with Gasteiger partial charge in [-0.15, -0.1) is 0 Å². The molecule has 19 heavy (non-hydrogen) atoms. The maximum absolute atomic E-state index is 12.2. The van der Waals surface area contributed by atoms with Gasteiger partial charge in [0.05, 0.1) is 12.0 Å². The Morgan fingerprint density at radius 2 is 2.05 bits per heavy atom. The van der Waals surface area contributed by atoms with Crippen molar-refractivity contribution in [2.75, 3.05) is 0 Å². The quantitative estimate of drug-likeness (QED) is 0.787. The fourth-order valence-corrected chi connectivity index (χ4v) is 3.50. The Morgan fingerprint density at radius 3 is 2.58 bits per heavy atom. The molecule has 0 aromatic carbocycles. The van der Waals surface area contributed by atoms with Gasteiger partial charge in [-0.25, -0.2) is 0 Å². The van der Waals surface area contributed by atoms with E-state index in [1.807, 2.05) is 20.8 Å². The second kappa shape index (κ2) is 5.49.